The largest absolute Gasteiger partial charge is 0.482 e. The Morgan fingerprint density at radius 2 is 1.91 bits per heavy atom. The van der Waals surface area contributed by atoms with Gasteiger partial charge in [0, 0.05) is 15.8 Å². The molecule has 0 aliphatic heterocycles. The van der Waals surface area contributed by atoms with Crippen molar-refractivity contribution in [3.8, 4) is 5.75 Å². The molecule has 2 aromatic rings. The summed E-state index contributed by atoms with van der Waals surface area (Å²) in [6.07, 6.45) is 0. The molecule has 2 rings (SSSR count). The van der Waals surface area contributed by atoms with E-state index < -0.39 is 0 Å². The number of ether oxygens (including phenoxy) is 1. The summed E-state index contributed by atoms with van der Waals surface area (Å²) in [5, 5.41) is 2.76. The van der Waals surface area contributed by atoms with Gasteiger partial charge in [-0.2, -0.15) is 0 Å². The molecule has 116 valence electrons. The van der Waals surface area contributed by atoms with E-state index in [4.69, 9.17) is 10.5 Å². The van der Waals surface area contributed by atoms with Crippen LogP contribution in [0.15, 0.2) is 39.3 Å². The van der Waals surface area contributed by atoms with Crippen LogP contribution in [0.1, 0.15) is 11.1 Å². The number of hydrogen-bond acceptors (Lipinski definition) is 3. The van der Waals surface area contributed by atoms with Crippen LogP contribution in [-0.2, 0) is 4.79 Å². The summed E-state index contributed by atoms with van der Waals surface area (Å²) in [6, 6.07) is 9.21. The van der Waals surface area contributed by atoms with Crippen molar-refractivity contribution in [1.82, 2.24) is 0 Å². The summed E-state index contributed by atoms with van der Waals surface area (Å²) in [5.74, 6) is 0.416. The quantitative estimate of drug-likeness (QED) is 0.709. The highest BCUT2D eigenvalue weighted by atomic mass is 79.9. The van der Waals surface area contributed by atoms with Crippen molar-refractivity contribution < 1.29 is 9.53 Å². The Kier molecular flexibility index (Phi) is 5.47. The number of hydrogen-bond donors (Lipinski definition) is 2. The van der Waals surface area contributed by atoms with Crippen molar-refractivity contribution in [1.29, 1.82) is 0 Å². The van der Waals surface area contributed by atoms with Gasteiger partial charge in [0.05, 0.1) is 4.47 Å². The average Bonchev–Trinajstić information content (AvgIpc) is 2.41. The summed E-state index contributed by atoms with van der Waals surface area (Å²) in [7, 11) is 0. The fourth-order valence-corrected chi connectivity index (χ4v) is 3.48. The molecule has 0 aliphatic carbocycles. The second-order valence-electron chi connectivity index (χ2n) is 4.94. The molecular weight excluding hydrogens is 412 g/mol. The molecule has 0 spiro atoms. The van der Waals surface area contributed by atoms with E-state index in [2.05, 4.69) is 37.2 Å². The Bertz CT molecular complexity index is 694. The van der Waals surface area contributed by atoms with Crippen molar-refractivity contribution in [2.75, 3.05) is 17.7 Å². The fourth-order valence-electron chi connectivity index (χ4n) is 1.92. The number of nitrogen functional groups attached to an aromatic ring is 1. The number of halogens is 2. The van der Waals surface area contributed by atoms with Gasteiger partial charge in [-0.25, -0.2) is 0 Å². The summed E-state index contributed by atoms with van der Waals surface area (Å²) in [5.41, 5.74) is 9.04. The van der Waals surface area contributed by atoms with E-state index in [1.807, 2.05) is 38.1 Å². The zero-order valence-corrected chi connectivity index (χ0v) is 15.4. The number of amides is 1. The zero-order valence-electron chi connectivity index (χ0n) is 12.2. The minimum absolute atomic E-state index is 0.0746. The average molecular weight is 428 g/mol. The van der Waals surface area contributed by atoms with E-state index in [9.17, 15) is 4.79 Å². The predicted octanol–water partition coefficient (Wildman–Crippen LogP) is 4.43. The number of anilines is 2. The van der Waals surface area contributed by atoms with Crippen molar-refractivity contribution >= 4 is 49.1 Å². The first-order valence-corrected chi connectivity index (χ1v) is 8.20. The third-order valence-electron chi connectivity index (χ3n) is 3.10. The maximum atomic E-state index is 12.0. The van der Waals surface area contributed by atoms with Gasteiger partial charge in [-0.1, -0.05) is 22.0 Å². The van der Waals surface area contributed by atoms with Gasteiger partial charge < -0.3 is 15.8 Å². The molecule has 4 nitrogen and oxygen atoms in total. The highest BCUT2D eigenvalue weighted by Gasteiger charge is 2.10. The van der Waals surface area contributed by atoms with Gasteiger partial charge in [0.25, 0.3) is 5.91 Å². The monoisotopic (exact) mass is 426 g/mol. The topological polar surface area (TPSA) is 64.3 Å². The van der Waals surface area contributed by atoms with Crippen molar-refractivity contribution in [2.24, 2.45) is 0 Å². The maximum Gasteiger partial charge on any atom is 0.262 e. The van der Waals surface area contributed by atoms with E-state index in [1.165, 1.54) is 0 Å². The molecule has 0 unspecified atom stereocenters. The molecule has 0 fully saturated rings. The molecule has 6 heteroatoms. The Hall–Kier alpha value is -1.53. The second kappa shape index (κ2) is 7.15. The first-order valence-electron chi connectivity index (χ1n) is 6.61. The van der Waals surface area contributed by atoms with E-state index >= 15 is 0 Å². The molecule has 1 amide bonds. The molecular formula is C16H16Br2N2O2. The van der Waals surface area contributed by atoms with E-state index in [0.29, 0.717) is 17.1 Å². The maximum absolute atomic E-state index is 12.0. The van der Waals surface area contributed by atoms with Crippen LogP contribution in [-0.4, -0.2) is 12.5 Å². The Morgan fingerprint density at radius 1 is 1.18 bits per heavy atom. The molecule has 0 saturated carbocycles. The Labute approximate surface area is 146 Å². The van der Waals surface area contributed by atoms with Crippen molar-refractivity contribution in [3.05, 3.63) is 50.4 Å². The third kappa shape index (κ3) is 4.24. The first-order chi connectivity index (χ1) is 10.4. The number of rotatable bonds is 4. The van der Waals surface area contributed by atoms with Crippen molar-refractivity contribution in [3.63, 3.8) is 0 Å². The lowest BCUT2D eigenvalue weighted by molar-refractivity contribution is -0.118. The van der Waals surface area contributed by atoms with Crippen LogP contribution in [0, 0.1) is 13.8 Å². The van der Waals surface area contributed by atoms with Gasteiger partial charge in [-0.05, 0) is 65.2 Å². The standard InChI is InChI=1S/C16H16Br2N2O2/c1-9-3-4-12(7-14(9)19)20-15(21)8-22-16-10(2)5-11(17)6-13(16)18/h3-7H,8,19H2,1-2H3,(H,20,21). The molecule has 0 saturated heterocycles. The van der Waals surface area contributed by atoms with Crippen LogP contribution in [0.3, 0.4) is 0 Å². The number of nitrogens with two attached hydrogens (primary N) is 1. The van der Waals surface area contributed by atoms with Crippen LogP contribution < -0.4 is 15.8 Å². The molecule has 0 bridgehead atoms. The molecule has 0 aromatic heterocycles. The summed E-state index contributed by atoms with van der Waals surface area (Å²) in [4.78, 5) is 12.0. The molecule has 22 heavy (non-hydrogen) atoms. The molecule has 0 heterocycles. The van der Waals surface area contributed by atoms with Crippen LogP contribution in [0.4, 0.5) is 11.4 Å². The molecule has 3 N–H and O–H groups in total. The van der Waals surface area contributed by atoms with Gasteiger partial charge in [0.15, 0.2) is 6.61 Å². The summed E-state index contributed by atoms with van der Waals surface area (Å²) >= 11 is 6.84. The number of nitrogens with one attached hydrogen (secondary N) is 1. The number of benzene rings is 2. The smallest absolute Gasteiger partial charge is 0.262 e. The SMILES string of the molecule is Cc1ccc(NC(=O)COc2c(C)cc(Br)cc2Br)cc1N. The third-order valence-corrected chi connectivity index (χ3v) is 4.15. The highest BCUT2D eigenvalue weighted by Crippen LogP contribution is 2.32. The minimum atomic E-state index is -0.238. The zero-order chi connectivity index (χ0) is 16.3. The molecule has 0 aliphatic rings. The van der Waals surface area contributed by atoms with E-state index in [1.54, 1.807) is 6.07 Å². The van der Waals surface area contributed by atoms with E-state index in [-0.39, 0.29) is 12.5 Å². The molecule has 0 atom stereocenters. The van der Waals surface area contributed by atoms with Crippen LogP contribution >= 0.6 is 31.9 Å². The summed E-state index contributed by atoms with van der Waals surface area (Å²) in [6.45, 7) is 3.76. The lowest BCUT2D eigenvalue weighted by atomic mass is 10.2. The first kappa shape index (κ1) is 16.8. The number of carbonyl (C=O) groups is 1. The molecule has 0 radical (unpaired) electrons. The number of aryl methyl sites for hydroxylation is 2. The van der Waals surface area contributed by atoms with Crippen LogP contribution in [0.5, 0.6) is 5.75 Å². The van der Waals surface area contributed by atoms with E-state index in [0.717, 1.165) is 20.1 Å². The Morgan fingerprint density at radius 3 is 2.55 bits per heavy atom. The van der Waals surface area contributed by atoms with Gasteiger partial charge >= 0.3 is 0 Å². The highest BCUT2D eigenvalue weighted by molar-refractivity contribution is 9.11. The fraction of sp³-hybridized carbons (Fsp3) is 0.188. The van der Waals surface area contributed by atoms with Gasteiger partial charge in [0.2, 0.25) is 0 Å². The van der Waals surface area contributed by atoms with Crippen LogP contribution in [0.25, 0.3) is 0 Å². The second-order valence-corrected chi connectivity index (χ2v) is 6.71. The lowest BCUT2D eigenvalue weighted by Gasteiger charge is -2.12. The van der Waals surface area contributed by atoms with Crippen molar-refractivity contribution in [2.45, 2.75) is 13.8 Å². The molecule has 2 aromatic carbocycles. The minimum Gasteiger partial charge on any atom is -0.482 e. The summed E-state index contributed by atoms with van der Waals surface area (Å²) < 4.78 is 7.35. The number of carbonyl (C=O) groups excluding carboxylic acids is 1. The van der Waals surface area contributed by atoms with Crippen LogP contribution in [0.2, 0.25) is 0 Å². The Balaban J connectivity index is 2.00. The lowest BCUT2D eigenvalue weighted by Crippen LogP contribution is -2.20. The predicted molar refractivity (Wildman–Crippen MR) is 96.3 cm³/mol. The van der Waals surface area contributed by atoms with Gasteiger partial charge in [-0.15, -0.1) is 0 Å². The van der Waals surface area contributed by atoms with Gasteiger partial charge in [-0.3, -0.25) is 4.79 Å². The normalized spacial score (nSPS) is 10.4. The van der Waals surface area contributed by atoms with Gasteiger partial charge in [0.1, 0.15) is 5.75 Å².